The van der Waals surface area contributed by atoms with E-state index >= 15 is 0 Å². The number of methoxy groups -OCH3 is 1. The van der Waals surface area contributed by atoms with Crippen LogP contribution in [-0.2, 0) is 9.53 Å². The second kappa shape index (κ2) is 5.07. The maximum absolute atomic E-state index is 12.3. The Morgan fingerprint density at radius 2 is 2.05 bits per heavy atom. The summed E-state index contributed by atoms with van der Waals surface area (Å²) in [5, 5.41) is 0. The van der Waals surface area contributed by atoms with E-state index in [-0.39, 0.29) is 11.6 Å². The van der Waals surface area contributed by atoms with Crippen LogP contribution in [0.25, 0.3) is 0 Å². The predicted octanol–water partition coefficient (Wildman–Crippen LogP) is 0.320. The molecule has 2 rings (SSSR count). The highest BCUT2D eigenvalue weighted by molar-refractivity contribution is 5.90. The minimum Gasteiger partial charge on any atom is -0.464 e. The van der Waals surface area contributed by atoms with Crippen LogP contribution < -0.4 is 4.90 Å². The van der Waals surface area contributed by atoms with Crippen LogP contribution in [0.4, 0.5) is 5.82 Å². The number of aromatic nitrogens is 2. The van der Waals surface area contributed by atoms with E-state index in [0.29, 0.717) is 18.9 Å². The van der Waals surface area contributed by atoms with E-state index in [2.05, 4.69) is 14.7 Å². The van der Waals surface area contributed by atoms with Gasteiger partial charge in [-0.25, -0.2) is 9.78 Å². The molecule has 0 saturated carbocycles. The van der Waals surface area contributed by atoms with Crippen LogP contribution in [-0.4, -0.2) is 59.5 Å². The van der Waals surface area contributed by atoms with Gasteiger partial charge in [-0.15, -0.1) is 0 Å². The van der Waals surface area contributed by atoms with Crippen molar-refractivity contribution in [1.82, 2.24) is 14.9 Å². The van der Waals surface area contributed by atoms with Crippen molar-refractivity contribution < 1.29 is 14.3 Å². The van der Waals surface area contributed by atoms with Crippen molar-refractivity contribution in [1.29, 1.82) is 0 Å². The van der Waals surface area contributed by atoms with Crippen molar-refractivity contribution in [3.05, 3.63) is 18.1 Å². The van der Waals surface area contributed by atoms with Crippen LogP contribution >= 0.6 is 0 Å². The predicted molar refractivity (Wildman–Crippen MR) is 72.4 cm³/mol. The third kappa shape index (κ3) is 2.31. The molecule has 0 aromatic carbocycles. The lowest BCUT2D eigenvalue weighted by atomic mass is 9.98. The van der Waals surface area contributed by atoms with Crippen molar-refractivity contribution in [2.24, 2.45) is 0 Å². The standard InChI is InChI=1S/C13H18N4O3/c1-13(2)12(19)16(3)5-6-17(13)10-8-14-7-9(15-10)11(18)20-4/h7-8H,5-6H2,1-4H3. The zero-order chi connectivity index (χ0) is 14.9. The molecule has 2 heterocycles. The number of hydrogen-bond acceptors (Lipinski definition) is 6. The zero-order valence-corrected chi connectivity index (χ0v) is 12.1. The number of anilines is 1. The molecule has 108 valence electrons. The maximum atomic E-state index is 12.3. The van der Waals surface area contributed by atoms with Crippen LogP contribution in [0.15, 0.2) is 12.4 Å². The molecule has 0 atom stereocenters. The molecule has 1 aromatic heterocycles. The normalized spacial score (nSPS) is 18.1. The van der Waals surface area contributed by atoms with E-state index in [1.54, 1.807) is 18.1 Å². The van der Waals surface area contributed by atoms with Crippen molar-refractivity contribution in [2.45, 2.75) is 19.4 Å². The molecule has 1 saturated heterocycles. The molecule has 1 aliphatic heterocycles. The molecule has 0 radical (unpaired) electrons. The first kappa shape index (κ1) is 14.2. The summed E-state index contributed by atoms with van der Waals surface area (Å²) in [5.74, 6) is -0.0361. The molecule has 0 bridgehead atoms. The third-order valence-corrected chi connectivity index (χ3v) is 3.50. The van der Waals surface area contributed by atoms with Gasteiger partial charge in [0, 0.05) is 20.1 Å². The molecule has 0 aliphatic carbocycles. The monoisotopic (exact) mass is 278 g/mol. The number of nitrogens with zero attached hydrogens (tertiary/aromatic N) is 4. The van der Waals surface area contributed by atoms with Crippen molar-refractivity contribution in [2.75, 3.05) is 32.1 Å². The Morgan fingerprint density at radius 3 is 2.70 bits per heavy atom. The molecule has 1 aromatic rings. The lowest BCUT2D eigenvalue weighted by Gasteiger charge is -2.45. The Kier molecular flexibility index (Phi) is 3.61. The molecule has 7 nitrogen and oxygen atoms in total. The van der Waals surface area contributed by atoms with Crippen molar-refractivity contribution in [3.63, 3.8) is 0 Å². The average molecular weight is 278 g/mol. The van der Waals surface area contributed by atoms with Gasteiger partial charge in [-0.05, 0) is 13.8 Å². The number of carbonyl (C=O) groups excluding carboxylic acids is 2. The van der Waals surface area contributed by atoms with E-state index in [1.165, 1.54) is 13.3 Å². The second-order valence-corrected chi connectivity index (χ2v) is 5.19. The number of rotatable bonds is 2. The molecule has 0 N–H and O–H groups in total. The summed E-state index contributed by atoms with van der Waals surface area (Å²) in [5.41, 5.74) is -0.594. The first-order valence-electron chi connectivity index (χ1n) is 6.31. The first-order valence-corrected chi connectivity index (χ1v) is 6.31. The van der Waals surface area contributed by atoms with Crippen LogP contribution in [0.2, 0.25) is 0 Å². The summed E-state index contributed by atoms with van der Waals surface area (Å²) in [6.07, 6.45) is 2.90. The first-order chi connectivity index (χ1) is 9.37. The second-order valence-electron chi connectivity index (χ2n) is 5.19. The fourth-order valence-corrected chi connectivity index (χ4v) is 2.30. The molecule has 1 fully saturated rings. The molecule has 20 heavy (non-hydrogen) atoms. The molecule has 0 spiro atoms. The van der Waals surface area contributed by atoms with Gasteiger partial charge in [0.05, 0.1) is 19.5 Å². The SMILES string of the molecule is COC(=O)c1cncc(N2CCN(C)C(=O)C2(C)C)n1. The minimum atomic E-state index is -0.726. The number of hydrogen-bond donors (Lipinski definition) is 0. The topological polar surface area (TPSA) is 75.6 Å². The van der Waals surface area contributed by atoms with Crippen molar-refractivity contribution in [3.8, 4) is 0 Å². The summed E-state index contributed by atoms with van der Waals surface area (Å²) < 4.78 is 4.63. The number of carbonyl (C=O) groups is 2. The van der Waals surface area contributed by atoms with Crippen LogP contribution in [0.1, 0.15) is 24.3 Å². The van der Waals surface area contributed by atoms with Gasteiger partial charge >= 0.3 is 5.97 Å². The number of likely N-dealkylation sites (N-methyl/N-ethyl adjacent to an activating group) is 1. The summed E-state index contributed by atoms with van der Waals surface area (Å²) >= 11 is 0. The molecule has 1 aliphatic rings. The number of ether oxygens (including phenoxy) is 1. The lowest BCUT2D eigenvalue weighted by Crippen LogP contribution is -2.62. The van der Waals surface area contributed by atoms with Crippen molar-refractivity contribution >= 4 is 17.7 Å². The molecule has 0 unspecified atom stereocenters. The van der Waals surface area contributed by atoms with Crippen LogP contribution in [0.5, 0.6) is 0 Å². The quantitative estimate of drug-likeness (QED) is 0.725. The van der Waals surface area contributed by atoms with Crippen LogP contribution in [0.3, 0.4) is 0 Å². The zero-order valence-electron chi connectivity index (χ0n) is 12.1. The number of amides is 1. The van der Waals surface area contributed by atoms with Gasteiger partial charge in [-0.2, -0.15) is 0 Å². The Hall–Kier alpha value is -2.18. The summed E-state index contributed by atoms with van der Waals surface area (Å²) in [6, 6.07) is 0. The molecular weight excluding hydrogens is 260 g/mol. The van der Waals surface area contributed by atoms with E-state index in [0.717, 1.165) is 0 Å². The van der Waals surface area contributed by atoms with Gasteiger partial charge in [-0.1, -0.05) is 0 Å². The highest BCUT2D eigenvalue weighted by atomic mass is 16.5. The molecule has 7 heteroatoms. The minimum absolute atomic E-state index is 0.00835. The fraction of sp³-hybridized carbons (Fsp3) is 0.538. The van der Waals surface area contributed by atoms with E-state index in [1.807, 2.05) is 18.7 Å². The average Bonchev–Trinajstić information content (AvgIpc) is 2.44. The van der Waals surface area contributed by atoms with E-state index in [4.69, 9.17) is 0 Å². The van der Waals surface area contributed by atoms with E-state index in [9.17, 15) is 9.59 Å². The summed E-state index contributed by atoms with van der Waals surface area (Å²) in [6.45, 7) is 4.90. The van der Waals surface area contributed by atoms with Gasteiger partial charge < -0.3 is 14.5 Å². The summed E-state index contributed by atoms with van der Waals surface area (Å²) in [4.78, 5) is 35.6. The van der Waals surface area contributed by atoms with Gasteiger partial charge in [-0.3, -0.25) is 9.78 Å². The Balaban J connectivity index is 2.36. The molecule has 1 amide bonds. The van der Waals surface area contributed by atoms with Gasteiger partial charge in [0.1, 0.15) is 11.4 Å². The Bertz CT molecular complexity index is 544. The van der Waals surface area contributed by atoms with Crippen LogP contribution in [0, 0.1) is 0 Å². The third-order valence-electron chi connectivity index (χ3n) is 3.50. The highest BCUT2D eigenvalue weighted by Crippen LogP contribution is 2.26. The fourth-order valence-electron chi connectivity index (χ4n) is 2.30. The number of esters is 1. The lowest BCUT2D eigenvalue weighted by molar-refractivity contribution is -0.136. The van der Waals surface area contributed by atoms with Gasteiger partial charge in [0.25, 0.3) is 0 Å². The van der Waals surface area contributed by atoms with Gasteiger partial charge in [0.2, 0.25) is 5.91 Å². The Labute approximate surface area is 117 Å². The largest absolute Gasteiger partial charge is 0.464 e. The highest BCUT2D eigenvalue weighted by Gasteiger charge is 2.41. The Morgan fingerprint density at radius 1 is 1.35 bits per heavy atom. The van der Waals surface area contributed by atoms with E-state index < -0.39 is 11.5 Å². The smallest absolute Gasteiger partial charge is 0.358 e. The summed E-state index contributed by atoms with van der Waals surface area (Å²) in [7, 11) is 3.07. The van der Waals surface area contributed by atoms with Gasteiger partial charge in [0.15, 0.2) is 5.69 Å². The maximum Gasteiger partial charge on any atom is 0.358 e. The molecular formula is C13H18N4O3. The number of piperazine rings is 1.